The van der Waals surface area contributed by atoms with Crippen molar-refractivity contribution in [3.63, 3.8) is 0 Å². The molecule has 112 valence electrons. The van der Waals surface area contributed by atoms with E-state index in [1.165, 1.54) is 22.2 Å². The Bertz CT molecular complexity index is 645. The molecule has 21 heavy (non-hydrogen) atoms. The number of nitrogens with zero attached hydrogens (tertiary/aromatic N) is 1. The smallest absolute Gasteiger partial charge is 0.217 e. The lowest BCUT2D eigenvalue weighted by atomic mass is 10.1. The van der Waals surface area contributed by atoms with Gasteiger partial charge in [0.05, 0.1) is 0 Å². The zero-order chi connectivity index (χ0) is 14.7. The number of carbonyl (C=O) groups is 1. The number of para-hydroxylation sites is 1. The summed E-state index contributed by atoms with van der Waals surface area (Å²) in [6, 6.07) is 8.70. The van der Waals surface area contributed by atoms with Crippen LogP contribution in [0.25, 0.3) is 10.9 Å². The van der Waals surface area contributed by atoms with E-state index < -0.39 is 0 Å². The van der Waals surface area contributed by atoms with Crippen molar-refractivity contribution in [2.45, 2.75) is 45.2 Å². The zero-order valence-electron chi connectivity index (χ0n) is 12.4. The highest BCUT2D eigenvalue weighted by Crippen LogP contribution is 2.28. The van der Waals surface area contributed by atoms with Crippen LogP contribution < -0.4 is 11.1 Å². The van der Waals surface area contributed by atoms with Crippen LogP contribution in [-0.2, 0) is 24.3 Å². The number of unbranched alkanes of at least 4 members (excludes halogenated alkanes) is 2. The number of rotatable bonds is 6. The van der Waals surface area contributed by atoms with E-state index in [0.717, 1.165) is 45.3 Å². The van der Waals surface area contributed by atoms with Crippen LogP contribution in [0.3, 0.4) is 0 Å². The van der Waals surface area contributed by atoms with Crippen LogP contribution in [0.2, 0.25) is 0 Å². The molecule has 0 aliphatic carbocycles. The van der Waals surface area contributed by atoms with Gasteiger partial charge in [-0.3, -0.25) is 4.79 Å². The first-order valence-electron chi connectivity index (χ1n) is 7.85. The second-order valence-electron chi connectivity index (χ2n) is 5.80. The molecule has 1 aromatic heterocycles. The number of nitrogens with one attached hydrogen (secondary N) is 1. The normalized spacial score (nSPS) is 14.3. The summed E-state index contributed by atoms with van der Waals surface area (Å²) in [5.74, 6) is -0.192. The van der Waals surface area contributed by atoms with Crippen LogP contribution in [-0.4, -0.2) is 17.0 Å². The van der Waals surface area contributed by atoms with Crippen molar-refractivity contribution in [2.75, 3.05) is 6.54 Å². The highest BCUT2D eigenvalue weighted by molar-refractivity contribution is 5.85. The van der Waals surface area contributed by atoms with Gasteiger partial charge in [-0.25, -0.2) is 0 Å². The lowest BCUT2D eigenvalue weighted by Gasteiger charge is -2.17. The predicted octanol–water partition coefficient (Wildman–Crippen LogP) is 2.33. The molecule has 0 radical (unpaired) electrons. The average Bonchev–Trinajstić information content (AvgIpc) is 2.81. The third-order valence-electron chi connectivity index (χ3n) is 4.34. The van der Waals surface area contributed by atoms with Gasteiger partial charge in [0.25, 0.3) is 0 Å². The first kappa shape index (κ1) is 14.1. The van der Waals surface area contributed by atoms with E-state index in [1.54, 1.807) is 0 Å². The fourth-order valence-corrected chi connectivity index (χ4v) is 3.33. The summed E-state index contributed by atoms with van der Waals surface area (Å²) in [4.78, 5) is 10.8. The number of aromatic nitrogens is 1. The Morgan fingerprint density at radius 1 is 1.24 bits per heavy atom. The van der Waals surface area contributed by atoms with Gasteiger partial charge in [0.2, 0.25) is 5.91 Å². The van der Waals surface area contributed by atoms with Crippen molar-refractivity contribution >= 4 is 16.8 Å². The maximum Gasteiger partial charge on any atom is 0.217 e. The number of carbonyl (C=O) groups excluding carboxylic acids is 1. The van der Waals surface area contributed by atoms with Crippen molar-refractivity contribution in [1.82, 2.24) is 9.88 Å². The average molecular weight is 285 g/mol. The summed E-state index contributed by atoms with van der Waals surface area (Å²) in [7, 11) is 0. The lowest BCUT2D eigenvalue weighted by molar-refractivity contribution is -0.118. The van der Waals surface area contributed by atoms with Gasteiger partial charge in [-0.1, -0.05) is 24.6 Å². The number of primary amides is 1. The molecule has 0 saturated carbocycles. The molecule has 1 amide bonds. The van der Waals surface area contributed by atoms with Gasteiger partial charge in [0, 0.05) is 36.1 Å². The summed E-state index contributed by atoms with van der Waals surface area (Å²) in [5.41, 5.74) is 9.49. The minimum absolute atomic E-state index is 0.192. The molecule has 0 bridgehead atoms. The van der Waals surface area contributed by atoms with Gasteiger partial charge in [-0.2, -0.15) is 0 Å². The number of amides is 1. The molecule has 0 atom stereocenters. The first-order chi connectivity index (χ1) is 10.3. The maximum atomic E-state index is 10.8. The maximum absolute atomic E-state index is 10.8. The van der Waals surface area contributed by atoms with Crippen molar-refractivity contribution in [3.05, 3.63) is 35.5 Å². The molecule has 2 heterocycles. The molecule has 1 aliphatic heterocycles. The summed E-state index contributed by atoms with van der Waals surface area (Å²) >= 11 is 0. The molecule has 3 N–H and O–H groups in total. The van der Waals surface area contributed by atoms with Crippen LogP contribution in [0.5, 0.6) is 0 Å². The highest BCUT2D eigenvalue weighted by Gasteiger charge is 2.18. The first-order valence-corrected chi connectivity index (χ1v) is 7.85. The number of benzene rings is 1. The fourth-order valence-electron chi connectivity index (χ4n) is 3.33. The van der Waals surface area contributed by atoms with Crippen molar-refractivity contribution < 1.29 is 4.79 Å². The van der Waals surface area contributed by atoms with E-state index in [2.05, 4.69) is 34.1 Å². The van der Waals surface area contributed by atoms with E-state index in [0.29, 0.717) is 6.42 Å². The van der Waals surface area contributed by atoms with Crippen LogP contribution in [0, 0.1) is 0 Å². The molecule has 4 heteroatoms. The van der Waals surface area contributed by atoms with Gasteiger partial charge in [0.1, 0.15) is 0 Å². The van der Waals surface area contributed by atoms with Gasteiger partial charge < -0.3 is 15.6 Å². The lowest BCUT2D eigenvalue weighted by Crippen LogP contribution is -2.25. The molecule has 0 spiro atoms. The SMILES string of the molecule is NC(=O)CCCCCn1c2c(c3ccccc31)CCNC2. The van der Waals surface area contributed by atoms with E-state index in [9.17, 15) is 4.79 Å². The summed E-state index contributed by atoms with van der Waals surface area (Å²) in [6.45, 7) is 3.06. The monoisotopic (exact) mass is 285 g/mol. The van der Waals surface area contributed by atoms with Crippen LogP contribution in [0.1, 0.15) is 36.9 Å². The molecule has 0 unspecified atom stereocenters. The Kier molecular flexibility index (Phi) is 4.25. The fraction of sp³-hybridized carbons (Fsp3) is 0.471. The second-order valence-corrected chi connectivity index (χ2v) is 5.80. The van der Waals surface area contributed by atoms with E-state index >= 15 is 0 Å². The van der Waals surface area contributed by atoms with Gasteiger partial charge in [-0.15, -0.1) is 0 Å². The van der Waals surface area contributed by atoms with Crippen molar-refractivity contribution in [3.8, 4) is 0 Å². The van der Waals surface area contributed by atoms with Crippen molar-refractivity contribution in [2.24, 2.45) is 5.73 Å². The highest BCUT2D eigenvalue weighted by atomic mass is 16.1. The minimum atomic E-state index is -0.192. The van der Waals surface area contributed by atoms with E-state index in [4.69, 9.17) is 5.73 Å². The molecule has 3 rings (SSSR count). The molecule has 4 nitrogen and oxygen atoms in total. The molecule has 2 aromatic rings. The third-order valence-corrected chi connectivity index (χ3v) is 4.34. The van der Waals surface area contributed by atoms with Gasteiger partial charge in [-0.05, 0) is 37.4 Å². The third kappa shape index (κ3) is 2.95. The Morgan fingerprint density at radius 3 is 2.95 bits per heavy atom. The van der Waals surface area contributed by atoms with Crippen LogP contribution >= 0.6 is 0 Å². The number of aryl methyl sites for hydroxylation is 1. The molecular formula is C17H23N3O. The van der Waals surface area contributed by atoms with Crippen molar-refractivity contribution in [1.29, 1.82) is 0 Å². The molecule has 0 fully saturated rings. The molecule has 1 aliphatic rings. The van der Waals surface area contributed by atoms with E-state index in [-0.39, 0.29) is 5.91 Å². The molecule has 0 saturated heterocycles. The number of nitrogens with two attached hydrogens (primary N) is 1. The second kappa shape index (κ2) is 6.31. The van der Waals surface area contributed by atoms with Gasteiger partial charge in [0.15, 0.2) is 0 Å². The Morgan fingerprint density at radius 2 is 2.10 bits per heavy atom. The zero-order valence-corrected chi connectivity index (χ0v) is 12.4. The predicted molar refractivity (Wildman–Crippen MR) is 85.0 cm³/mol. The minimum Gasteiger partial charge on any atom is -0.370 e. The molecule has 1 aromatic carbocycles. The number of hydrogen-bond donors (Lipinski definition) is 2. The topological polar surface area (TPSA) is 60.1 Å². The Hall–Kier alpha value is -1.81. The summed E-state index contributed by atoms with van der Waals surface area (Å²) in [6.07, 6.45) is 4.67. The van der Waals surface area contributed by atoms with Crippen LogP contribution in [0.15, 0.2) is 24.3 Å². The summed E-state index contributed by atoms with van der Waals surface area (Å²) in [5, 5.41) is 4.89. The number of hydrogen-bond acceptors (Lipinski definition) is 2. The molecular weight excluding hydrogens is 262 g/mol. The Labute approximate surface area is 125 Å². The summed E-state index contributed by atoms with van der Waals surface area (Å²) < 4.78 is 2.46. The Balaban J connectivity index is 1.76. The van der Waals surface area contributed by atoms with E-state index in [1.807, 2.05) is 0 Å². The largest absolute Gasteiger partial charge is 0.370 e. The van der Waals surface area contributed by atoms with Crippen LogP contribution in [0.4, 0.5) is 0 Å². The standard InChI is InChI=1S/C17H23N3O/c18-17(21)8-2-1-5-11-20-15-7-4-3-6-13(15)14-9-10-19-12-16(14)20/h3-4,6-7,19H,1-2,5,8-12H2,(H2,18,21). The quantitative estimate of drug-likeness (QED) is 0.800. The number of fused-ring (bicyclic) bond motifs is 3. The van der Waals surface area contributed by atoms with Gasteiger partial charge >= 0.3 is 0 Å².